The van der Waals surface area contributed by atoms with Crippen LogP contribution in [0.25, 0.3) is 0 Å². The largest absolute Gasteiger partial charge is 0.398 e. The topological polar surface area (TPSA) is 9.23 Å². The molecule has 92 valence electrons. The summed E-state index contributed by atoms with van der Waals surface area (Å²) in [5, 5.41) is 0. The Balaban J connectivity index is 2.43. The number of halogens is 7. The van der Waals surface area contributed by atoms with Crippen molar-refractivity contribution in [1.29, 1.82) is 0 Å². The molecular formula is C8H5F7O. The van der Waals surface area contributed by atoms with Crippen LogP contribution >= 0.6 is 0 Å². The molecule has 1 nitrogen and oxygen atoms in total. The van der Waals surface area contributed by atoms with Crippen LogP contribution in [0, 0.1) is 11.8 Å². The number of fused-ring (bicyclic) bond motifs is 2. The van der Waals surface area contributed by atoms with Crippen LogP contribution in [0.3, 0.4) is 0 Å². The fourth-order valence-corrected chi connectivity index (χ4v) is 2.12. The van der Waals surface area contributed by atoms with Gasteiger partial charge in [-0.2, -0.15) is 26.3 Å². The quantitative estimate of drug-likeness (QED) is 0.474. The highest BCUT2D eigenvalue weighted by Gasteiger charge is 2.73. The van der Waals surface area contributed by atoms with E-state index in [-0.39, 0.29) is 0 Å². The van der Waals surface area contributed by atoms with E-state index in [2.05, 4.69) is 4.74 Å². The number of ether oxygens (including phenoxy) is 1. The maximum Gasteiger partial charge on any atom is 0.398 e. The average Bonchev–Trinajstić information content (AvgIpc) is 2.52. The van der Waals surface area contributed by atoms with Crippen LogP contribution in [0.2, 0.25) is 0 Å². The molecule has 2 bridgehead atoms. The van der Waals surface area contributed by atoms with E-state index < -0.39 is 36.1 Å². The summed E-state index contributed by atoms with van der Waals surface area (Å²) in [6.45, 7) is 0. The molecular weight excluding hydrogens is 245 g/mol. The van der Waals surface area contributed by atoms with Gasteiger partial charge in [0.15, 0.2) is 0 Å². The van der Waals surface area contributed by atoms with Crippen LogP contribution in [0.1, 0.15) is 0 Å². The SMILES string of the molecule is FC(F)(F)C1C2C=CC(F)(O2)C1C(F)(F)F. The third-order valence-electron chi connectivity index (χ3n) is 2.70. The molecule has 0 aliphatic carbocycles. The van der Waals surface area contributed by atoms with Crippen molar-refractivity contribution < 1.29 is 35.5 Å². The van der Waals surface area contributed by atoms with Gasteiger partial charge in [-0.05, 0) is 6.08 Å². The van der Waals surface area contributed by atoms with Crippen LogP contribution in [0.5, 0.6) is 0 Å². The number of hydrogen-bond acceptors (Lipinski definition) is 1. The summed E-state index contributed by atoms with van der Waals surface area (Å²) < 4.78 is 92.0. The fourth-order valence-electron chi connectivity index (χ4n) is 2.12. The van der Waals surface area contributed by atoms with Crippen LogP contribution in [-0.4, -0.2) is 24.3 Å². The first-order valence-corrected chi connectivity index (χ1v) is 4.25. The highest BCUT2D eigenvalue weighted by Crippen LogP contribution is 2.58. The standard InChI is InChI=1S/C8H5F7O/c9-6-2-1-3(16-6)4(7(10,11)12)5(6)8(13,14)15/h1-5H. The Kier molecular flexibility index (Phi) is 2.12. The highest BCUT2D eigenvalue weighted by atomic mass is 19.4. The highest BCUT2D eigenvalue weighted by molar-refractivity contribution is 5.21. The zero-order valence-corrected chi connectivity index (χ0v) is 7.44. The molecule has 2 aliphatic heterocycles. The van der Waals surface area contributed by atoms with Crippen molar-refractivity contribution in [1.82, 2.24) is 0 Å². The smallest absolute Gasteiger partial charge is 0.334 e. The molecule has 2 aliphatic rings. The van der Waals surface area contributed by atoms with Crippen molar-refractivity contribution in [2.75, 3.05) is 0 Å². The third-order valence-corrected chi connectivity index (χ3v) is 2.70. The molecule has 1 fully saturated rings. The Morgan fingerprint density at radius 2 is 1.56 bits per heavy atom. The van der Waals surface area contributed by atoms with Crippen molar-refractivity contribution in [2.24, 2.45) is 11.8 Å². The average molecular weight is 250 g/mol. The van der Waals surface area contributed by atoms with Gasteiger partial charge in [0.2, 0.25) is 5.85 Å². The summed E-state index contributed by atoms with van der Waals surface area (Å²) in [7, 11) is 0. The molecule has 4 unspecified atom stereocenters. The van der Waals surface area contributed by atoms with E-state index in [1.807, 2.05) is 0 Å². The van der Waals surface area contributed by atoms with Gasteiger partial charge < -0.3 is 4.74 Å². The molecule has 0 spiro atoms. The summed E-state index contributed by atoms with van der Waals surface area (Å²) in [6, 6.07) is 0. The Bertz CT molecular complexity index is 330. The third kappa shape index (κ3) is 1.50. The van der Waals surface area contributed by atoms with Gasteiger partial charge in [0.05, 0.1) is 6.10 Å². The van der Waals surface area contributed by atoms with Crippen LogP contribution in [0.4, 0.5) is 30.7 Å². The molecule has 0 amide bonds. The molecule has 4 atom stereocenters. The second-order valence-electron chi connectivity index (χ2n) is 3.73. The zero-order chi connectivity index (χ0) is 12.4. The summed E-state index contributed by atoms with van der Waals surface area (Å²) in [5.74, 6) is -9.44. The Morgan fingerprint density at radius 1 is 1.00 bits per heavy atom. The summed E-state index contributed by atoms with van der Waals surface area (Å²) in [5.41, 5.74) is 0. The number of hydrogen-bond donors (Lipinski definition) is 0. The van der Waals surface area contributed by atoms with E-state index in [1.165, 1.54) is 0 Å². The number of alkyl halides is 7. The summed E-state index contributed by atoms with van der Waals surface area (Å²) in [4.78, 5) is 0. The molecule has 1 saturated heterocycles. The Labute approximate surface area is 84.9 Å². The van der Waals surface area contributed by atoms with Crippen LogP contribution < -0.4 is 0 Å². The lowest BCUT2D eigenvalue weighted by Crippen LogP contribution is -2.47. The molecule has 0 N–H and O–H groups in total. The first-order chi connectivity index (χ1) is 7.06. The normalized spacial score (nSPS) is 43.1. The molecule has 0 aromatic heterocycles. The van der Waals surface area contributed by atoms with Gasteiger partial charge >= 0.3 is 12.4 Å². The van der Waals surface area contributed by atoms with E-state index in [0.717, 1.165) is 0 Å². The second kappa shape index (κ2) is 2.91. The van der Waals surface area contributed by atoms with Gasteiger partial charge in [0, 0.05) is 0 Å². The van der Waals surface area contributed by atoms with Gasteiger partial charge in [0.25, 0.3) is 0 Å². The first-order valence-electron chi connectivity index (χ1n) is 4.25. The van der Waals surface area contributed by atoms with Crippen molar-refractivity contribution in [3.05, 3.63) is 12.2 Å². The lowest BCUT2D eigenvalue weighted by molar-refractivity contribution is -0.268. The maximum atomic E-state index is 13.5. The molecule has 0 aromatic rings. The van der Waals surface area contributed by atoms with E-state index in [4.69, 9.17) is 0 Å². The predicted octanol–water partition coefficient (Wildman–Crippen LogP) is 2.98. The van der Waals surface area contributed by atoms with Gasteiger partial charge in [-0.15, -0.1) is 0 Å². The Hall–Kier alpha value is -0.790. The molecule has 0 radical (unpaired) electrons. The predicted molar refractivity (Wildman–Crippen MR) is 36.9 cm³/mol. The van der Waals surface area contributed by atoms with Crippen molar-refractivity contribution in [3.63, 3.8) is 0 Å². The molecule has 8 heteroatoms. The van der Waals surface area contributed by atoms with E-state index >= 15 is 0 Å². The maximum absolute atomic E-state index is 13.5. The van der Waals surface area contributed by atoms with Gasteiger partial charge in [-0.1, -0.05) is 6.08 Å². The molecule has 2 rings (SSSR count). The Morgan fingerprint density at radius 3 is 1.94 bits per heavy atom. The van der Waals surface area contributed by atoms with Gasteiger partial charge in [-0.3, -0.25) is 0 Å². The van der Waals surface area contributed by atoms with Gasteiger partial charge in [-0.25, -0.2) is 4.39 Å². The summed E-state index contributed by atoms with van der Waals surface area (Å²) >= 11 is 0. The lowest BCUT2D eigenvalue weighted by Gasteiger charge is -2.30. The van der Waals surface area contributed by atoms with Crippen molar-refractivity contribution in [2.45, 2.75) is 24.3 Å². The molecule has 16 heavy (non-hydrogen) atoms. The zero-order valence-electron chi connectivity index (χ0n) is 7.44. The van der Waals surface area contributed by atoms with Crippen molar-refractivity contribution in [3.8, 4) is 0 Å². The van der Waals surface area contributed by atoms with Crippen LogP contribution in [-0.2, 0) is 4.74 Å². The monoisotopic (exact) mass is 250 g/mol. The molecule has 0 aromatic carbocycles. The van der Waals surface area contributed by atoms with Crippen LogP contribution in [0.15, 0.2) is 12.2 Å². The lowest BCUT2D eigenvalue weighted by atomic mass is 9.81. The summed E-state index contributed by atoms with van der Waals surface area (Å²) in [6.07, 6.45) is -11.3. The number of rotatable bonds is 0. The first kappa shape index (κ1) is 11.7. The van der Waals surface area contributed by atoms with E-state index in [0.29, 0.717) is 12.2 Å². The molecule has 2 heterocycles. The van der Waals surface area contributed by atoms with E-state index in [9.17, 15) is 30.7 Å². The minimum Gasteiger partial charge on any atom is -0.334 e. The minimum atomic E-state index is -5.30. The molecule has 0 saturated carbocycles. The fraction of sp³-hybridized carbons (Fsp3) is 0.750. The van der Waals surface area contributed by atoms with Gasteiger partial charge in [0.1, 0.15) is 11.8 Å². The van der Waals surface area contributed by atoms with E-state index in [1.54, 1.807) is 0 Å². The minimum absolute atomic E-state index is 0.401. The second-order valence-corrected chi connectivity index (χ2v) is 3.73. The van der Waals surface area contributed by atoms with Crippen molar-refractivity contribution >= 4 is 0 Å².